The van der Waals surface area contributed by atoms with Crippen LogP contribution in [0.3, 0.4) is 0 Å². The smallest absolute Gasteiger partial charge is 0.410 e. The van der Waals surface area contributed by atoms with Crippen molar-refractivity contribution < 1.29 is 14.3 Å². The number of benzene rings is 1. The largest absolute Gasteiger partial charge is 0.495 e. The van der Waals surface area contributed by atoms with Crippen LogP contribution in [-0.4, -0.2) is 67.3 Å². The minimum Gasteiger partial charge on any atom is -0.495 e. The number of para-hydroxylation sites is 1. The summed E-state index contributed by atoms with van der Waals surface area (Å²) in [5, 5.41) is 0. The van der Waals surface area contributed by atoms with Gasteiger partial charge in [-0.3, -0.25) is 4.99 Å². The Morgan fingerprint density at radius 1 is 1.21 bits per heavy atom. The monoisotopic (exact) mass is 568 g/mol. The molecule has 0 unspecified atom stereocenters. The topological polar surface area (TPSA) is 80.4 Å². The van der Waals surface area contributed by atoms with Crippen molar-refractivity contribution in [3.63, 3.8) is 0 Å². The maximum absolute atomic E-state index is 12.1. The average Bonchev–Trinajstić information content (AvgIpc) is 2.60. The Morgan fingerprint density at radius 2 is 1.82 bits per heavy atom. The highest BCUT2D eigenvalue weighted by molar-refractivity contribution is 14.0. The first-order chi connectivity index (χ1) is 12.7. The number of piperazine rings is 1. The highest BCUT2D eigenvalue weighted by Gasteiger charge is 2.26. The van der Waals surface area contributed by atoms with Gasteiger partial charge in [-0.25, -0.2) is 4.79 Å². The maximum Gasteiger partial charge on any atom is 0.410 e. The van der Waals surface area contributed by atoms with E-state index >= 15 is 0 Å². The zero-order valence-corrected chi connectivity index (χ0v) is 20.8. The summed E-state index contributed by atoms with van der Waals surface area (Å²) in [6, 6.07) is 5.95. The van der Waals surface area contributed by atoms with Gasteiger partial charge in [-0.1, -0.05) is 12.1 Å². The van der Waals surface area contributed by atoms with E-state index in [4.69, 9.17) is 15.2 Å². The van der Waals surface area contributed by atoms with Crippen LogP contribution in [0.25, 0.3) is 0 Å². The number of amides is 1. The van der Waals surface area contributed by atoms with Gasteiger partial charge in [0.05, 0.1) is 11.6 Å². The summed E-state index contributed by atoms with van der Waals surface area (Å²) in [6.45, 7) is 8.62. The van der Waals surface area contributed by atoms with E-state index in [1.807, 2.05) is 43.9 Å². The molecular formula is C19H30BrIN4O3. The molecule has 1 aliphatic rings. The molecule has 28 heavy (non-hydrogen) atoms. The predicted octanol–water partition coefficient (Wildman–Crippen LogP) is 3.49. The normalized spacial score (nSPS) is 15.1. The predicted molar refractivity (Wildman–Crippen MR) is 126 cm³/mol. The fourth-order valence-corrected chi connectivity index (χ4v) is 3.38. The first kappa shape index (κ1) is 24.8. The van der Waals surface area contributed by atoms with Gasteiger partial charge in [0.25, 0.3) is 0 Å². The Hall–Kier alpha value is -1.23. The van der Waals surface area contributed by atoms with Gasteiger partial charge in [-0.15, -0.1) is 24.0 Å². The molecule has 2 rings (SSSR count). The Kier molecular flexibility index (Phi) is 9.82. The summed E-state index contributed by atoms with van der Waals surface area (Å²) in [6.07, 6.45) is 0.459. The summed E-state index contributed by atoms with van der Waals surface area (Å²) >= 11 is 3.49. The molecule has 0 radical (unpaired) electrons. The summed E-state index contributed by atoms with van der Waals surface area (Å²) in [4.78, 5) is 20.3. The van der Waals surface area contributed by atoms with Crippen molar-refractivity contribution in [1.82, 2.24) is 9.80 Å². The first-order valence-electron chi connectivity index (χ1n) is 9.05. The van der Waals surface area contributed by atoms with Gasteiger partial charge >= 0.3 is 6.09 Å². The van der Waals surface area contributed by atoms with Gasteiger partial charge in [0, 0.05) is 32.7 Å². The number of hydrogen-bond acceptors (Lipinski definition) is 4. The summed E-state index contributed by atoms with van der Waals surface area (Å²) in [7, 11) is 1.66. The molecular weight excluding hydrogens is 539 g/mol. The summed E-state index contributed by atoms with van der Waals surface area (Å²) in [5.41, 5.74) is 6.73. The molecule has 0 saturated carbocycles. The van der Waals surface area contributed by atoms with Crippen LogP contribution in [0.15, 0.2) is 27.7 Å². The highest BCUT2D eigenvalue weighted by Crippen LogP contribution is 2.28. The van der Waals surface area contributed by atoms with Crippen LogP contribution < -0.4 is 10.5 Å². The van der Waals surface area contributed by atoms with E-state index in [0.29, 0.717) is 38.7 Å². The molecule has 2 N–H and O–H groups in total. The van der Waals surface area contributed by atoms with E-state index in [9.17, 15) is 4.79 Å². The Bertz CT molecular complexity index is 686. The van der Waals surface area contributed by atoms with Crippen molar-refractivity contribution in [2.75, 3.05) is 39.8 Å². The third-order valence-electron chi connectivity index (χ3n) is 4.16. The fourth-order valence-electron chi connectivity index (χ4n) is 2.81. The number of nitrogens with zero attached hydrogens (tertiary/aromatic N) is 3. The number of hydrogen-bond donors (Lipinski definition) is 1. The summed E-state index contributed by atoms with van der Waals surface area (Å²) < 4.78 is 11.8. The average molecular weight is 569 g/mol. The molecule has 1 aromatic rings. The molecule has 1 aliphatic heterocycles. The zero-order chi connectivity index (χ0) is 20.0. The van der Waals surface area contributed by atoms with Crippen molar-refractivity contribution in [3.8, 4) is 5.75 Å². The number of methoxy groups -OCH3 is 1. The number of halogens is 2. The third-order valence-corrected chi connectivity index (χ3v) is 4.79. The quantitative estimate of drug-likeness (QED) is 0.342. The van der Waals surface area contributed by atoms with Gasteiger partial charge in [-0.2, -0.15) is 0 Å². The first-order valence-corrected chi connectivity index (χ1v) is 9.84. The number of guanidine groups is 1. The van der Waals surface area contributed by atoms with E-state index in [2.05, 4.69) is 20.9 Å². The van der Waals surface area contributed by atoms with Gasteiger partial charge in [-0.05, 0) is 54.8 Å². The van der Waals surface area contributed by atoms with Crippen LogP contribution in [0, 0.1) is 0 Å². The number of carbonyl (C=O) groups is 1. The van der Waals surface area contributed by atoms with E-state index in [1.54, 1.807) is 12.0 Å². The van der Waals surface area contributed by atoms with Crippen LogP contribution in [0.5, 0.6) is 5.75 Å². The van der Waals surface area contributed by atoms with Crippen molar-refractivity contribution in [2.24, 2.45) is 10.7 Å². The number of nitrogens with two attached hydrogens (primary N) is 1. The lowest BCUT2D eigenvalue weighted by Gasteiger charge is -2.36. The van der Waals surface area contributed by atoms with Gasteiger partial charge in [0.1, 0.15) is 11.4 Å². The van der Waals surface area contributed by atoms with Gasteiger partial charge in [0.2, 0.25) is 0 Å². The lowest BCUT2D eigenvalue weighted by Crippen LogP contribution is -2.53. The van der Waals surface area contributed by atoms with Crippen molar-refractivity contribution >= 4 is 52.0 Å². The minimum atomic E-state index is -0.484. The molecule has 1 amide bonds. The molecule has 7 nitrogen and oxygen atoms in total. The van der Waals surface area contributed by atoms with Crippen LogP contribution in [0.1, 0.15) is 26.3 Å². The minimum absolute atomic E-state index is 0. The zero-order valence-electron chi connectivity index (χ0n) is 16.9. The second-order valence-corrected chi connectivity index (χ2v) is 8.23. The van der Waals surface area contributed by atoms with E-state index in [0.717, 1.165) is 22.2 Å². The van der Waals surface area contributed by atoms with Crippen LogP contribution in [0.2, 0.25) is 0 Å². The van der Waals surface area contributed by atoms with Crippen LogP contribution in [0.4, 0.5) is 4.79 Å². The van der Waals surface area contributed by atoms with E-state index < -0.39 is 5.60 Å². The Balaban J connectivity index is 0.00000392. The lowest BCUT2D eigenvalue weighted by atomic mass is 10.1. The fraction of sp³-hybridized carbons (Fsp3) is 0.579. The number of aliphatic imine (C=N–C) groups is 1. The second-order valence-electron chi connectivity index (χ2n) is 7.38. The lowest BCUT2D eigenvalue weighted by molar-refractivity contribution is 0.0186. The molecule has 0 bridgehead atoms. The molecule has 1 aromatic carbocycles. The molecule has 158 valence electrons. The molecule has 1 saturated heterocycles. The second kappa shape index (κ2) is 11.1. The molecule has 0 aliphatic carbocycles. The van der Waals surface area contributed by atoms with Crippen molar-refractivity contribution in [3.05, 3.63) is 28.2 Å². The van der Waals surface area contributed by atoms with E-state index in [-0.39, 0.29) is 30.1 Å². The Morgan fingerprint density at radius 3 is 2.39 bits per heavy atom. The van der Waals surface area contributed by atoms with Crippen molar-refractivity contribution in [2.45, 2.75) is 32.8 Å². The highest BCUT2D eigenvalue weighted by atomic mass is 127. The maximum atomic E-state index is 12.1. The molecule has 0 atom stereocenters. The van der Waals surface area contributed by atoms with Gasteiger partial charge < -0.3 is 25.0 Å². The molecule has 1 heterocycles. The third kappa shape index (κ3) is 7.31. The van der Waals surface area contributed by atoms with Crippen LogP contribution in [-0.2, 0) is 11.2 Å². The van der Waals surface area contributed by atoms with Crippen molar-refractivity contribution in [1.29, 1.82) is 0 Å². The molecule has 1 fully saturated rings. The molecule has 9 heteroatoms. The van der Waals surface area contributed by atoms with Crippen LogP contribution >= 0.6 is 39.9 Å². The number of rotatable bonds is 4. The molecule has 0 aromatic heterocycles. The SMILES string of the molecule is COc1c(Br)cccc1CCN=C(N)N1CCN(C(=O)OC(C)(C)C)CC1.I. The van der Waals surface area contributed by atoms with E-state index in [1.165, 1.54) is 0 Å². The summed E-state index contributed by atoms with van der Waals surface area (Å²) in [5.74, 6) is 1.34. The molecule has 0 spiro atoms. The number of carbonyl (C=O) groups excluding carboxylic acids is 1. The van der Waals surface area contributed by atoms with Gasteiger partial charge in [0.15, 0.2) is 5.96 Å². The number of ether oxygens (including phenoxy) is 2. The Labute approximate surface area is 192 Å². The standard InChI is InChI=1S/C19H29BrN4O3.HI/c1-19(2,3)27-18(25)24-12-10-23(11-13-24)17(21)22-9-8-14-6-5-7-15(20)16(14)26-4;/h5-7H,8-13H2,1-4H3,(H2,21,22);1H.